The fraction of sp³-hybridized carbons (Fsp3) is 0.842. The molecule has 2 amide bonds. The molecule has 16 nitrogen and oxygen atoms in total. The van der Waals surface area contributed by atoms with Gasteiger partial charge in [0.2, 0.25) is 11.8 Å². The van der Waals surface area contributed by atoms with Gasteiger partial charge < -0.3 is 66.0 Å². The lowest BCUT2D eigenvalue weighted by Crippen LogP contribution is -2.69. The number of carboxylic acid groups (broad SMARTS) is 1. The van der Waals surface area contributed by atoms with Crippen molar-refractivity contribution in [3.05, 3.63) is 0 Å². The zero-order valence-corrected chi connectivity index (χ0v) is 19.1. The zero-order chi connectivity index (χ0) is 26.4. The summed E-state index contributed by atoms with van der Waals surface area (Å²) in [5.41, 5.74) is 5.52. The second-order valence-electron chi connectivity index (χ2n) is 8.22. The number of amides is 2. The zero-order valence-electron chi connectivity index (χ0n) is 19.1. The molecule has 2 aliphatic rings. The average molecular weight is 511 g/mol. The van der Waals surface area contributed by atoms with Crippen LogP contribution in [0.2, 0.25) is 0 Å². The minimum absolute atomic E-state index is 0.529. The lowest BCUT2D eigenvalue weighted by molar-refractivity contribution is -0.336. The Morgan fingerprint density at radius 2 is 1.54 bits per heavy atom. The molecule has 2 aliphatic heterocycles. The molecule has 0 aromatic rings. The molecule has 2 saturated heterocycles. The van der Waals surface area contributed by atoms with E-state index >= 15 is 0 Å². The molecule has 0 radical (unpaired) electrons. The topological polar surface area (TPSA) is 260 Å². The number of carboxylic acids is 1. The minimum atomic E-state index is -1.81. The van der Waals surface area contributed by atoms with Crippen molar-refractivity contribution in [2.45, 2.75) is 80.7 Å². The first-order valence-electron chi connectivity index (χ1n) is 10.7. The third-order valence-electron chi connectivity index (χ3n) is 5.67. The summed E-state index contributed by atoms with van der Waals surface area (Å²) >= 11 is 0. The molecule has 0 aliphatic carbocycles. The fourth-order valence-electron chi connectivity index (χ4n) is 3.90. The summed E-state index contributed by atoms with van der Waals surface area (Å²) < 4.78 is 21.7. The van der Waals surface area contributed by atoms with Crippen molar-refractivity contribution in [2.75, 3.05) is 20.3 Å². The Kier molecular flexibility index (Phi) is 10.7. The van der Waals surface area contributed by atoms with Crippen LogP contribution in [0.4, 0.5) is 0 Å². The molecule has 10 N–H and O–H groups in total. The maximum atomic E-state index is 12.3. The number of carbonyl (C=O) groups is 3. The number of hydrogen-bond acceptors (Lipinski definition) is 13. The highest BCUT2D eigenvalue weighted by Gasteiger charge is 2.51. The number of aliphatic carboxylic acids is 1. The van der Waals surface area contributed by atoms with E-state index in [1.165, 1.54) is 14.0 Å². The van der Waals surface area contributed by atoms with E-state index in [4.69, 9.17) is 29.8 Å². The third kappa shape index (κ3) is 7.04. The van der Waals surface area contributed by atoms with Gasteiger partial charge in [0.15, 0.2) is 12.6 Å². The predicted molar refractivity (Wildman–Crippen MR) is 111 cm³/mol. The second-order valence-corrected chi connectivity index (χ2v) is 8.22. The van der Waals surface area contributed by atoms with Gasteiger partial charge in [-0.15, -0.1) is 0 Å². The molecule has 35 heavy (non-hydrogen) atoms. The lowest BCUT2D eigenvalue weighted by atomic mass is 9.94. The van der Waals surface area contributed by atoms with Gasteiger partial charge in [-0.1, -0.05) is 0 Å². The van der Waals surface area contributed by atoms with Gasteiger partial charge in [-0.2, -0.15) is 0 Å². The number of hydrogen-bond donors (Lipinski definition) is 9. The van der Waals surface area contributed by atoms with E-state index in [9.17, 15) is 39.9 Å². The highest BCUT2D eigenvalue weighted by atomic mass is 16.7. The van der Waals surface area contributed by atoms with Crippen molar-refractivity contribution in [3.8, 4) is 0 Å². The van der Waals surface area contributed by atoms with E-state index in [-0.39, 0.29) is 0 Å². The van der Waals surface area contributed by atoms with Crippen LogP contribution >= 0.6 is 0 Å². The third-order valence-corrected chi connectivity index (χ3v) is 5.67. The molecule has 0 spiro atoms. The molecule has 202 valence electrons. The molecule has 0 aromatic carbocycles. The van der Waals surface area contributed by atoms with Gasteiger partial charge in [-0.25, -0.2) is 0 Å². The Morgan fingerprint density at radius 3 is 2.06 bits per heavy atom. The first kappa shape index (κ1) is 29.2. The smallest absolute Gasteiger partial charge is 0.305 e. The molecular weight excluding hydrogens is 478 g/mol. The maximum Gasteiger partial charge on any atom is 0.305 e. The number of nitrogens with two attached hydrogens (primary N) is 1. The van der Waals surface area contributed by atoms with Gasteiger partial charge in [-0.05, 0) is 0 Å². The van der Waals surface area contributed by atoms with Crippen LogP contribution in [0, 0.1) is 0 Å². The highest BCUT2D eigenvalue weighted by molar-refractivity contribution is 5.86. The Labute approximate surface area is 199 Å². The van der Waals surface area contributed by atoms with E-state index in [0.717, 1.165) is 0 Å². The monoisotopic (exact) mass is 511 g/mol. The number of ether oxygens (including phenoxy) is 4. The van der Waals surface area contributed by atoms with Gasteiger partial charge >= 0.3 is 5.97 Å². The van der Waals surface area contributed by atoms with Crippen LogP contribution < -0.4 is 16.4 Å². The molecule has 0 bridgehead atoms. The number of aliphatic hydroxyl groups excluding tert-OH is 5. The minimum Gasteiger partial charge on any atom is -0.481 e. The molecule has 0 aromatic heterocycles. The van der Waals surface area contributed by atoms with E-state index in [2.05, 4.69) is 10.6 Å². The van der Waals surface area contributed by atoms with Crippen LogP contribution in [0.5, 0.6) is 0 Å². The Bertz CT molecular complexity index is 743. The molecular formula is C19H33N3O13. The number of rotatable bonds is 10. The van der Waals surface area contributed by atoms with Crippen molar-refractivity contribution in [2.24, 2.45) is 5.73 Å². The molecule has 2 rings (SSSR count). The van der Waals surface area contributed by atoms with Crippen molar-refractivity contribution >= 4 is 17.8 Å². The Hall–Kier alpha value is -1.99. The summed E-state index contributed by atoms with van der Waals surface area (Å²) in [4.78, 5) is 34.7. The Balaban J connectivity index is 2.24. The average Bonchev–Trinajstić information content (AvgIpc) is 2.79. The number of methoxy groups -OCH3 is 1. The summed E-state index contributed by atoms with van der Waals surface area (Å²) in [6, 6.07) is -4.17. The summed E-state index contributed by atoms with van der Waals surface area (Å²) in [6.07, 6.45) is -12.6. The summed E-state index contributed by atoms with van der Waals surface area (Å²) in [5.74, 6) is -2.88. The molecule has 16 heteroatoms. The number of nitrogens with one attached hydrogen (secondary N) is 2. The predicted octanol–water partition coefficient (Wildman–Crippen LogP) is -5.67. The normalized spacial score (nSPS) is 38.4. The standard InChI is InChI=1S/C19H33N3O13/c1-6(25)21-12-14(29)16(9(5-24)34-18(12)32-2)35-19-15(30)11(13(28)8(4-23)33-19)22-17(31)7(20)3-10(26)27/h7-9,11-16,18-19,23-24,28-30H,3-5,20H2,1-2H3,(H,21,25)(H,22,31)(H,26,27)/t7-,8+,9+,11-,12+,13-,14+,15+,16+,18+,19-/m0/s1. The van der Waals surface area contributed by atoms with Gasteiger partial charge in [0, 0.05) is 14.0 Å². The van der Waals surface area contributed by atoms with Crippen molar-refractivity contribution in [1.82, 2.24) is 10.6 Å². The largest absolute Gasteiger partial charge is 0.481 e. The molecule has 0 unspecified atom stereocenters. The first-order valence-corrected chi connectivity index (χ1v) is 10.7. The molecule has 0 saturated carbocycles. The summed E-state index contributed by atoms with van der Waals surface area (Å²) in [5, 5.41) is 64.9. The maximum absolute atomic E-state index is 12.3. The first-order chi connectivity index (χ1) is 16.4. The van der Waals surface area contributed by atoms with Crippen LogP contribution in [0.1, 0.15) is 13.3 Å². The highest BCUT2D eigenvalue weighted by Crippen LogP contribution is 2.29. The van der Waals surface area contributed by atoms with E-state index in [1.807, 2.05) is 0 Å². The van der Waals surface area contributed by atoms with E-state index in [0.29, 0.717) is 0 Å². The van der Waals surface area contributed by atoms with Crippen LogP contribution in [-0.2, 0) is 33.3 Å². The summed E-state index contributed by atoms with van der Waals surface area (Å²) in [7, 11) is 1.26. The van der Waals surface area contributed by atoms with Crippen LogP contribution in [-0.4, -0.2) is 136 Å². The SMILES string of the molecule is CO[C@@H]1O[C@H](CO)[C@@H](O[C@@H]2O[C@H](CO)[C@H](O)[C@H](NC(=O)[C@@H](N)CC(=O)O)[C@H]2O)[C@H](O)[C@H]1NC(C)=O. The number of aliphatic hydroxyl groups is 5. The van der Waals surface area contributed by atoms with Crippen LogP contribution in [0.3, 0.4) is 0 Å². The van der Waals surface area contributed by atoms with Crippen molar-refractivity contribution in [1.29, 1.82) is 0 Å². The Morgan fingerprint density at radius 1 is 0.943 bits per heavy atom. The quantitative estimate of drug-likeness (QED) is 0.132. The fourth-order valence-corrected chi connectivity index (χ4v) is 3.90. The van der Waals surface area contributed by atoms with Crippen LogP contribution in [0.15, 0.2) is 0 Å². The molecule has 11 atom stereocenters. The van der Waals surface area contributed by atoms with E-state index in [1.54, 1.807) is 0 Å². The van der Waals surface area contributed by atoms with Crippen molar-refractivity contribution in [3.63, 3.8) is 0 Å². The van der Waals surface area contributed by atoms with Crippen molar-refractivity contribution < 1.29 is 64.0 Å². The lowest BCUT2D eigenvalue weighted by Gasteiger charge is -2.47. The second kappa shape index (κ2) is 12.8. The molecule has 2 heterocycles. The van der Waals surface area contributed by atoms with Gasteiger partial charge in [0.1, 0.15) is 42.7 Å². The summed E-state index contributed by atoms with van der Waals surface area (Å²) in [6.45, 7) is -0.251. The number of carbonyl (C=O) groups excluding carboxylic acids is 2. The van der Waals surface area contributed by atoms with Crippen LogP contribution in [0.25, 0.3) is 0 Å². The van der Waals surface area contributed by atoms with Gasteiger partial charge in [-0.3, -0.25) is 14.4 Å². The van der Waals surface area contributed by atoms with E-state index < -0.39 is 105 Å². The van der Waals surface area contributed by atoms with Gasteiger partial charge in [0.25, 0.3) is 0 Å². The van der Waals surface area contributed by atoms with Gasteiger partial charge in [0.05, 0.1) is 31.7 Å². The molecule has 2 fully saturated rings.